The van der Waals surface area contributed by atoms with Gasteiger partial charge in [-0.15, -0.1) is 0 Å². The van der Waals surface area contributed by atoms with Crippen molar-refractivity contribution in [2.75, 3.05) is 6.61 Å². The van der Waals surface area contributed by atoms with Crippen molar-refractivity contribution >= 4 is 16.9 Å². The fourth-order valence-electron chi connectivity index (χ4n) is 1.84. The van der Waals surface area contributed by atoms with E-state index in [0.717, 1.165) is 12.8 Å². The minimum atomic E-state index is -0.287. The van der Waals surface area contributed by atoms with Gasteiger partial charge in [0.1, 0.15) is 12.4 Å². The number of carbonyl (C=O) groups excluding carboxylic acids is 1. The predicted molar refractivity (Wildman–Crippen MR) is 67.8 cm³/mol. The summed E-state index contributed by atoms with van der Waals surface area (Å²) in [4.78, 5) is 11.6. The molecule has 2 rings (SSSR count). The highest BCUT2D eigenvalue weighted by Gasteiger charge is 2.09. The van der Waals surface area contributed by atoms with Crippen LogP contribution >= 0.6 is 0 Å². The third kappa shape index (κ3) is 2.70. The maximum atomic E-state index is 13.5. The van der Waals surface area contributed by atoms with Crippen LogP contribution in [0, 0.1) is 5.82 Å². The molecule has 96 valence electrons. The van der Waals surface area contributed by atoms with Crippen molar-refractivity contribution in [3.05, 3.63) is 36.3 Å². The summed E-state index contributed by atoms with van der Waals surface area (Å²) in [5, 5.41) is 0.527. The maximum Gasteiger partial charge on any atom is 0.325 e. The number of esters is 1. The fraction of sp³-hybridized carbons (Fsp3) is 0.357. The standard InChI is InChI=1S/C14H16FNO2/c1-2-3-9-18-14(17)10-16-8-7-11-12(15)5-4-6-13(11)16/h4-8H,2-3,9-10H2,1H3. The van der Waals surface area contributed by atoms with Crippen molar-refractivity contribution in [2.45, 2.75) is 26.3 Å². The van der Waals surface area contributed by atoms with E-state index in [-0.39, 0.29) is 18.3 Å². The van der Waals surface area contributed by atoms with E-state index in [1.165, 1.54) is 6.07 Å². The Kier molecular flexibility index (Phi) is 3.97. The molecule has 1 heterocycles. The van der Waals surface area contributed by atoms with Gasteiger partial charge in [0.15, 0.2) is 0 Å². The molecule has 0 aliphatic heterocycles. The van der Waals surface area contributed by atoms with Gasteiger partial charge in [-0.05, 0) is 24.6 Å². The number of hydrogen-bond donors (Lipinski definition) is 0. The monoisotopic (exact) mass is 249 g/mol. The topological polar surface area (TPSA) is 31.2 Å². The summed E-state index contributed by atoms with van der Waals surface area (Å²) in [6.45, 7) is 2.61. The van der Waals surface area contributed by atoms with E-state index >= 15 is 0 Å². The molecule has 0 unspecified atom stereocenters. The Morgan fingerprint density at radius 1 is 1.39 bits per heavy atom. The lowest BCUT2D eigenvalue weighted by molar-refractivity contribution is -0.144. The smallest absolute Gasteiger partial charge is 0.325 e. The molecular weight excluding hydrogens is 233 g/mol. The van der Waals surface area contributed by atoms with E-state index in [2.05, 4.69) is 0 Å². The number of nitrogens with zero attached hydrogens (tertiary/aromatic N) is 1. The molecule has 0 aliphatic rings. The van der Waals surface area contributed by atoms with Gasteiger partial charge in [0, 0.05) is 11.6 Å². The van der Waals surface area contributed by atoms with Crippen LogP contribution in [-0.4, -0.2) is 17.1 Å². The first-order valence-corrected chi connectivity index (χ1v) is 6.11. The first kappa shape index (κ1) is 12.6. The van der Waals surface area contributed by atoms with Gasteiger partial charge in [-0.25, -0.2) is 4.39 Å². The molecule has 1 aromatic carbocycles. The Hall–Kier alpha value is -1.84. The van der Waals surface area contributed by atoms with Crippen molar-refractivity contribution in [3.8, 4) is 0 Å². The van der Waals surface area contributed by atoms with Crippen molar-refractivity contribution in [2.24, 2.45) is 0 Å². The zero-order valence-electron chi connectivity index (χ0n) is 10.4. The summed E-state index contributed by atoms with van der Waals surface area (Å²) in [5.41, 5.74) is 0.711. The number of aromatic nitrogens is 1. The van der Waals surface area contributed by atoms with Gasteiger partial charge >= 0.3 is 5.97 Å². The minimum Gasteiger partial charge on any atom is -0.464 e. The number of fused-ring (bicyclic) bond motifs is 1. The average Bonchev–Trinajstić information content (AvgIpc) is 2.74. The number of unbranched alkanes of at least 4 members (excludes halogenated alkanes) is 1. The molecule has 18 heavy (non-hydrogen) atoms. The highest BCUT2D eigenvalue weighted by atomic mass is 19.1. The lowest BCUT2D eigenvalue weighted by Gasteiger charge is -2.06. The Labute approximate surface area is 105 Å². The van der Waals surface area contributed by atoms with E-state index in [4.69, 9.17) is 4.74 Å². The zero-order chi connectivity index (χ0) is 13.0. The molecule has 0 bridgehead atoms. The molecule has 0 saturated heterocycles. The molecule has 4 heteroatoms. The van der Waals surface area contributed by atoms with Crippen LogP contribution in [0.15, 0.2) is 30.5 Å². The van der Waals surface area contributed by atoms with Gasteiger partial charge < -0.3 is 9.30 Å². The zero-order valence-corrected chi connectivity index (χ0v) is 10.4. The summed E-state index contributed by atoms with van der Waals surface area (Å²) < 4.78 is 20.2. The average molecular weight is 249 g/mol. The number of benzene rings is 1. The van der Waals surface area contributed by atoms with Crippen molar-refractivity contribution in [1.29, 1.82) is 0 Å². The van der Waals surface area contributed by atoms with E-state index < -0.39 is 0 Å². The third-order valence-electron chi connectivity index (χ3n) is 2.82. The van der Waals surface area contributed by atoms with E-state index in [0.29, 0.717) is 17.5 Å². The molecule has 2 aromatic rings. The van der Waals surface area contributed by atoms with Crippen LogP contribution < -0.4 is 0 Å². The van der Waals surface area contributed by atoms with Crippen LogP contribution in [0.5, 0.6) is 0 Å². The molecule has 0 fully saturated rings. The first-order chi connectivity index (χ1) is 8.72. The predicted octanol–water partition coefficient (Wildman–Crippen LogP) is 3.12. The molecule has 0 saturated carbocycles. The number of hydrogen-bond acceptors (Lipinski definition) is 2. The molecule has 0 aliphatic carbocycles. The van der Waals surface area contributed by atoms with Crippen LogP contribution in [-0.2, 0) is 16.1 Å². The second-order valence-electron chi connectivity index (χ2n) is 4.19. The van der Waals surface area contributed by atoms with E-state index in [1.807, 2.05) is 6.92 Å². The van der Waals surface area contributed by atoms with Crippen LogP contribution in [0.25, 0.3) is 10.9 Å². The Balaban J connectivity index is 2.08. The van der Waals surface area contributed by atoms with Gasteiger partial charge in [-0.2, -0.15) is 0 Å². The maximum absolute atomic E-state index is 13.5. The number of rotatable bonds is 5. The van der Waals surface area contributed by atoms with Gasteiger partial charge in [0.2, 0.25) is 0 Å². The Morgan fingerprint density at radius 3 is 3.00 bits per heavy atom. The third-order valence-corrected chi connectivity index (χ3v) is 2.82. The summed E-state index contributed by atoms with van der Waals surface area (Å²) in [5.74, 6) is -0.559. The Bertz CT molecular complexity index is 548. The highest BCUT2D eigenvalue weighted by Crippen LogP contribution is 2.18. The van der Waals surface area contributed by atoms with Crippen molar-refractivity contribution < 1.29 is 13.9 Å². The number of carbonyl (C=O) groups is 1. The van der Waals surface area contributed by atoms with Crippen LogP contribution in [0.1, 0.15) is 19.8 Å². The molecule has 0 atom stereocenters. The van der Waals surface area contributed by atoms with Gasteiger partial charge in [-0.1, -0.05) is 19.4 Å². The van der Waals surface area contributed by atoms with E-state index in [1.54, 1.807) is 29.0 Å². The first-order valence-electron chi connectivity index (χ1n) is 6.11. The SMILES string of the molecule is CCCCOC(=O)Cn1ccc2c(F)cccc21. The van der Waals surface area contributed by atoms with Crippen LogP contribution in [0.2, 0.25) is 0 Å². The molecule has 0 spiro atoms. The molecule has 0 radical (unpaired) electrons. The van der Waals surface area contributed by atoms with E-state index in [9.17, 15) is 9.18 Å². The van der Waals surface area contributed by atoms with Crippen molar-refractivity contribution in [1.82, 2.24) is 4.57 Å². The number of halogens is 1. The lowest BCUT2D eigenvalue weighted by Crippen LogP contribution is -2.13. The second-order valence-corrected chi connectivity index (χ2v) is 4.19. The lowest BCUT2D eigenvalue weighted by atomic mass is 10.2. The van der Waals surface area contributed by atoms with Gasteiger partial charge in [-0.3, -0.25) is 4.79 Å². The summed E-state index contributed by atoms with van der Waals surface area (Å²) >= 11 is 0. The van der Waals surface area contributed by atoms with Crippen LogP contribution in [0.3, 0.4) is 0 Å². The van der Waals surface area contributed by atoms with Gasteiger partial charge in [0.25, 0.3) is 0 Å². The molecule has 3 nitrogen and oxygen atoms in total. The second kappa shape index (κ2) is 5.67. The number of ether oxygens (including phenoxy) is 1. The molecule has 0 amide bonds. The largest absolute Gasteiger partial charge is 0.464 e. The quantitative estimate of drug-likeness (QED) is 0.602. The van der Waals surface area contributed by atoms with Crippen molar-refractivity contribution in [3.63, 3.8) is 0 Å². The summed E-state index contributed by atoms with van der Waals surface area (Å²) in [6.07, 6.45) is 3.56. The normalized spacial score (nSPS) is 10.8. The molecule has 1 aromatic heterocycles. The Morgan fingerprint density at radius 2 is 2.22 bits per heavy atom. The molecule has 0 N–H and O–H groups in total. The van der Waals surface area contributed by atoms with Crippen LogP contribution in [0.4, 0.5) is 4.39 Å². The minimum absolute atomic E-state index is 0.122. The van der Waals surface area contributed by atoms with Gasteiger partial charge in [0.05, 0.1) is 12.1 Å². The molecular formula is C14H16FNO2. The summed E-state index contributed by atoms with van der Waals surface area (Å²) in [6, 6.07) is 6.50. The highest BCUT2D eigenvalue weighted by molar-refractivity contribution is 5.82. The fourth-order valence-corrected chi connectivity index (χ4v) is 1.84. The summed E-state index contributed by atoms with van der Waals surface area (Å²) in [7, 11) is 0.